The van der Waals surface area contributed by atoms with Crippen molar-refractivity contribution in [3.63, 3.8) is 0 Å². The molecule has 0 saturated heterocycles. The number of aromatic carboxylic acids is 4. The number of hydrogen-bond donors (Lipinski definition) is 4. The van der Waals surface area contributed by atoms with Crippen LogP contribution in [0.25, 0.3) is 0 Å². The van der Waals surface area contributed by atoms with Crippen molar-refractivity contribution in [2.24, 2.45) is 0 Å². The summed E-state index contributed by atoms with van der Waals surface area (Å²) in [5.74, 6) is -6.08. The van der Waals surface area contributed by atoms with Crippen LogP contribution in [0.15, 0.2) is 46.2 Å². The third-order valence-corrected chi connectivity index (χ3v) is 5.00. The molecule has 172 valence electrons. The predicted molar refractivity (Wildman–Crippen MR) is 102 cm³/mol. The van der Waals surface area contributed by atoms with E-state index >= 15 is 0 Å². The van der Waals surface area contributed by atoms with Crippen molar-refractivity contribution in [3.8, 4) is 0 Å². The van der Waals surface area contributed by atoms with Crippen LogP contribution in [-0.2, 0) is 20.2 Å². The molecule has 0 aliphatic heterocycles. The van der Waals surface area contributed by atoms with E-state index in [-0.39, 0.29) is 48.9 Å². The van der Waals surface area contributed by atoms with Crippen molar-refractivity contribution in [2.45, 2.75) is 9.79 Å². The topological polar surface area (TPSA) is 264 Å². The molecule has 0 heterocycles. The van der Waals surface area contributed by atoms with Crippen LogP contribution in [0.3, 0.4) is 0 Å². The Morgan fingerprint density at radius 2 is 0.697 bits per heavy atom. The minimum Gasteiger partial charge on any atom is -0.744 e. The van der Waals surface area contributed by atoms with Crippen molar-refractivity contribution in [2.75, 3.05) is 0 Å². The Kier molecular flexibility index (Phi) is 10.9. The van der Waals surface area contributed by atoms with Gasteiger partial charge in [0.25, 0.3) is 0 Å². The van der Waals surface area contributed by atoms with Gasteiger partial charge in [0.1, 0.15) is 20.2 Å². The maximum absolute atomic E-state index is 10.6. The molecule has 0 unspecified atom stereocenters. The normalized spacial score (nSPS) is 10.7. The average Bonchev–Trinajstić information content (AvgIpc) is 2.66. The van der Waals surface area contributed by atoms with Gasteiger partial charge in [0.15, 0.2) is 0 Å². The van der Waals surface area contributed by atoms with Gasteiger partial charge in [-0.3, -0.25) is 0 Å². The molecule has 0 aliphatic carbocycles. The van der Waals surface area contributed by atoms with E-state index in [1.807, 2.05) is 0 Å². The Balaban J connectivity index is 0.000000602. The van der Waals surface area contributed by atoms with E-state index in [4.69, 9.17) is 20.4 Å². The molecule has 0 radical (unpaired) electrons. The Bertz CT molecular complexity index is 1160. The Morgan fingerprint density at radius 3 is 0.818 bits per heavy atom. The van der Waals surface area contributed by atoms with Gasteiger partial charge in [0.05, 0.1) is 32.0 Å². The van der Waals surface area contributed by atoms with Crippen LogP contribution in [-0.4, -0.2) is 119 Å². The van der Waals surface area contributed by atoms with Gasteiger partial charge in [-0.1, -0.05) is 0 Å². The fraction of sp³-hybridized carbons (Fsp3) is 0. The second-order valence-corrected chi connectivity index (χ2v) is 8.38. The van der Waals surface area contributed by atoms with Crippen LogP contribution in [0.5, 0.6) is 0 Å². The molecule has 2 rings (SSSR count). The zero-order valence-corrected chi connectivity index (χ0v) is 21.9. The van der Waals surface area contributed by atoms with Crippen molar-refractivity contribution < 1.29 is 65.5 Å². The maximum atomic E-state index is 10.6. The van der Waals surface area contributed by atoms with E-state index in [1.165, 1.54) is 0 Å². The molecule has 4 N–H and O–H groups in total. The number of hydrogen-bond acceptors (Lipinski definition) is 10. The fourth-order valence-electron chi connectivity index (χ4n) is 1.98. The zero-order valence-electron chi connectivity index (χ0n) is 15.9. The van der Waals surface area contributed by atoms with Gasteiger partial charge in [-0.15, -0.1) is 0 Å². The quantitative estimate of drug-likeness (QED) is 0.234. The Labute approximate surface area is 225 Å². The van der Waals surface area contributed by atoms with Crippen molar-refractivity contribution in [3.05, 3.63) is 58.7 Å². The van der Waals surface area contributed by atoms with Crippen LogP contribution in [0.4, 0.5) is 0 Å². The second-order valence-electron chi connectivity index (χ2n) is 5.62. The number of carboxylic acid groups (broad SMARTS) is 4. The zero-order chi connectivity index (χ0) is 25.0. The smallest absolute Gasteiger partial charge is 0.744 e. The van der Waals surface area contributed by atoms with Gasteiger partial charge >= 0.3 is 72.8 Å². The fourth-order valence-corrected chi connectivity index (χ4v) is 3.07. The van der Waals surface area contributed by atoms with Gasteiger partial charge in [-0.25, -0.2) is 36.0 Å². The Hall–Kier alpha value is -2.29. The summed E-state index contributed by atoms with van der Waals surface area (Å²) in [7, 11) is -9.78. The molecule has 0 fully saturated rings. The molecule has 2 aromatic carbocycles. The van der Waals surface area contributed by atoms with Gasteiger partial charge in [-0.2, -0.15) is 0 Å². The minimum absolute atomic E-state index is 0. The monoisotopic (exact) mass is 628 g/mol. The minimum atomic E-state index is -4.89. The molecule has 0 amide bonds. The molecule has 14 nitrogen and oxygen atoms in total. The summed E-state index contributed by atoms with van der Waals surface area (Å²) in [6.45, 7) is 0. The molecule has 0 atom stereocenters. The number of carbonyl (C=O) groups is 4. The van der Waals surface area contributed by atoms with Gasteiger partial charge < -0.3 is 29.5 Å². The van der Waals surface area contributed by atoms with Crippen LogP contribution >= 0.6 is 0 Å². The summed E-state index contributed by atoms with van der Waals surface area (Å²) < 4.78 is 63.8. The molecular weight excluding hydrogens is 618 g/mol. The third-order valence-electron chi connectivity index (χ3n) is 3.38. The molecule has 17 heteroatoms. The molecule has 33 heavy (non-hydrogen) atoms. The van der Waals surface area contributed by atoms with Crippen molar-refractivity contribution in [1.29, 1.82) is 0 Å². The summed E-state index contributed by atoms with van der Waals surface area (Å²) >= 11 is 0. The summed E-state index contributed by atoms with van der Waals surface area (Å²) in [4.78, 5) is 40.5. The SMILES string of the molecule is O=C(O)c1cc(C(=O)O)cc(S(=O)(=O)[O-])c1.O=C(O)c1cc(C(=O)O)cc(S(=O)(=O)[O-])c1.[Ba+2]. The maximum Gasteiger partial charge on any atom is 2.00 e. The van der Waals surface area contributed by atoms with E-state index in [0.29, 0.717) is 24.3 Å². The first kappa shape index (κ1) is 30.7. The Morgan fingerprint density at radius 1 is 0.515 bits per heavy atom. The first-order valence-corrected chi connectivity index (χ1v) is 10.4. The molecular formula is C16H10BaO14S2. The molecule has 0 aromatic heterocycles. The summed E-state index contributed by atoms with van der Waals surface area (Å²) in [5, 5.41) is 34.4. The average molecular weight is 628 g/mol. The van der Waals surface area contributed by atoms with Gasteiger partial charge in [-0.05, 0) is 36.4 Å². The van der Waals surface area contributed by atoms with Crippen LogP contribution in [0, 0.1) is 0 Å². The molecule has 0 spiro atoms. The first-order valence-electron chi connectivity index (χ1n) is 7.58. The number of rotatable bonds is 6. The summed E-state index contributed by atoms with van der Waals surface area (Å²) in [6, 6.07) is 3.96. The molecule has 0 saturated carbocycles. The van der Waals surface area contributed by atoms with Crippen LogP contribution < -0.4 is 0 Å². The molecule has 2 aromatic rings. The van der Waals surface area contributed by atoms with E-state index in [1.54, 1.807) is 0 Å². The van der Waals surface area contributed by atoms with Crippen LogP contribution in [0.2, 0.25) is 0 Å². The van der Waals surface area contributed by atoms with Crippen molar-refractivity contribution in [1.82, 2.24) is 0 Å². The third kappa shape index (κ3) is 9.23. The van der Waals surface area contributed by atoms with E-state index in [0.717, 1.165) is 12.1 Å². The van der Waals surface area contributed by atoms with E-state index < -0.39 is 76.2 Å². The van der Waals surface area contributed by atoms with Crippen molar-refractivity contribution >= 4 is 93.0 Å². The second kappa shape index (κ2) is 11.7. The summed E-state index contributed by atoms with van der Waals surface area (Å²) in [5.41, 5.74) is -2.30. The number of carboxylic acids is 4. The molecule has 0 aliphatic rings. The van der Waals surface area contributed by atoms with E-state index in [2.05, 4.69) is 0 Å². The number of benzene rings is 2. The summed E-state index contributed by atoms with van der Waals surface area (Å²) in [6.07, 6.45) is 0. The van der Waals surface area contributed by atoms with E-state index in [9.17, 15) is 45.1 Å². The van der Waals surface area contributed by atoms with Gasteiger partial charge in [0, 0.05) is 0 Å². The largest absolute Gasteiger partial charge is 2.00 e. The molecule has 0 bridgehead atoms. The van der Waals surface area contributed by atoms with Crippen LogP contribution in [0.1, 0.15) is 41.4 Å². The van der Waals surface area contributed by atoms with Gasteiger partial charge in [0.2, 0.25) is 0 Å². The predicted octanol–water partition coefficient (Wildman–Crippen LogP) is -0.407. The standard InChI is InChI=1S/2C8H6O7S.Ba/c2*9-7(10)4-1-5(8(11)12)3-6(2-4)16(13,14)15;/h2*1-3H,(H,9,10)(H,11,12)(H,13,14,15);/q;;+2/p-2. The first-order chi connectivity index (χ1) is 14.4.